The van der Waals surface area contributed by atoms with Gasteiger partial charge in [0.25, 0.3) is 0 Å². The van der Waals surface area contributed by atoms with Crippen molar-refractivity contribution in [3.05, 3.63) is 28.7 Å². The third kappa shape index (κ3) is 2.51. The molecule has 1 unspecified atom stereocenters. The van der Waals surface area contributed by atoms with Crippen LogP contribution in [0.2, 0.25) is 0 Å². The Morgan fingerprint density at radius 2 is 2.13 bits per heavy atom. The van der Waals surface area contributed by atoms with Gasteiger partial charge in [0.05, 0.1) is 19.3 Å². The van der Waals surface area contributed by atoms with Gasteiger partial charge in [-0.1, -0.05) is 15.9 Å². The number of nitrogens with zero attached hydrogens (tertiary/aromatic N) is 1. The summed E-state index contributed by atoms with van der Waals surface area (Å²) in [7, 11) is 0. The summed E-state index contributed by atoms with van der Waals surface area (Å²) in [5.74, 6) is 0. The fourth-order valence-corrected chi connectivity index (χ4v) is 2.09. The molecular weight excluding hydrogens is 256 g/mol. The average Bonchev–Trinajstić information content (AvgIpc) is 2.30. The van der Waals surface area contributed by atoms with Crippen LogP contribution in [0.15, 0.2) is 28.7 Å². The van der Waals surface area contributed by atoms with E-state index >= 15 is 0 Å². The molecule has 1 aliphatic rings. The molecule has 1 heterocycles. The Morgan fingerprint density at radius 3 is 2.80 bits per heavy atom. The normalized spacial score (nSPS) is 21.7. The number of nitrogens with two attached hydrogens (primary N) is 1. The van der Waals surface area contributed by atoms with E-state index in [-0.39, 0.29) is 0 Å². The van der Waals surface area contributed by atoms with Crippen molar-refractivity contribution < 1.29 is 4.74 Å². The minimum absolute atomic E-state index is 0.305. The molecule has 0 amide bonds. The lowest BCUT2D eigenvalue weighted by molar-refractivity contribution is 0.0963. The third-order valence-corrected chi connectivity index (χ3v) is 3.19. The molecule has 0 aliphatic carbocycles. The number of hydrogen-bond acceptors (Lipinski definition) is 3. The van der Waals surface area contributed by atoms with E-state index < -0.39 is 0 Å². The van der Waals surface area contributed by atoms with Gasteiger partial charge in [0.1, 0.15) is 0 Å². The molecule has 15 heavy (non-hydrogen) atoms. The van der Waals surface area contributed by atoms with Gasteiger partial charge in [-0.05, 0) is 24.3 Å². The Balaban J connectivity index is 2.16. The summed E-state index contributed by atoms with van der Waals surface area (Å²) in [6.07, 6.45) is 0. The molecule has 1 fully saturated rings. The molecule has 1 atom stereocenters. The smallest absolute Gasteiger partial charge is 0.0683 e. The lowest BCUT2D eigenvalue weighted by atomic mass is 10.2. The molecule has 3 nitrogen and oxygen atoms in total. The molecule has 1 aromatic rings. The fraction of sp³-hybridized carbons (Fsp3) is 0.455. The Bertz CT molecular complexity index is 315. The zero-order valence-corrected chi connectivity index (χ0v) is 10.1. The van der Waals surface area contributed by atoms with Gasteiger partial charge < -0.3 is 15.4 Å². The lowest BCUT2D eigenvalue weighted by Crippen LogP contribution is -2.49. The van der Waals surface area contributed by atoms with Gasteiger partial charge in [0.15, 0.2) is 0 Å². The predicted molar refractivity (Wildman–Crippen MR) is 65.1 cm³/mol. The standard InChI is InChI=1S/C11H15BrN2O/c12-9-1-3-10(4-2-9)14-5-6-15-8-11(14)7-13/h1-4,11H,5-8,13H2. The molecule has 82 valence electrons. The first-order valence-corrected chi connectivity index (χ1v) is 5.90. The second-order valence-corrected chi connectivity index (χ2v) is 4.55. The van der Waals surface area contributed by atoms with Crippen LogP contribution in [0.4, 0.5) is 5.69 Å². The number of hydrogen-bond donors (Lipinski definition) is 1. The molecule has 4 heteroatoms. The molecule has 0 saturated carbocycles. The monoisotopic (exact) mass is 270 g/mol. The molecule has 0 aromatic heterocycles. The molecule has 0 bridgehead atoms. The van der Waals surface area contributed by atoms with Gasteiger partial charge in [-0.2, -0.15) is 0 Å². The fourth-order valence-electron chi connectivity index (χ4n) is 1.82. The minimum atomic E-state index is 0.305. The Kier molecular flexibility index (Phi) is 3.61. The van der Waals surface area contributed by atoms with E-state index in [0.717, 1.165) is 24.2 Å². The van der Waals surface area contributed by atoms with Crippen molar-refractivity contribution >= 4 is 21.6 Å². The van der Waals surface area contributed by atoms with Gasteiger partial charge in [0.2, 0.25) is 0 Å². The van der Waals surface area contributed by atoms with E-state index in [1.165, 1.54) is 5.69 Å². The van der Waals surface area contributed by atoms with E-state index in [9.17, 15) is 0 Å². The highest BCUT2D eigenvalue weighted by Crippen LogP contribution is 2.21. The highest BCUT2D eigenvalue weighted by molar-refractivity contribution is 9.10. The van der Waals surface area contributed by atoms with Crippen LogP contribution in [0.25, 0.3) is 0 Å². The third-order valence-electron chi connectivity index (χ3n) is 2.66. The van der Waals surface area contributed by atoms with Crippen LogP contribution in [-0.2, 0) is 4.74 Å². The van der Waals surface area contributed by atoms with Crippen molar-refractivity contribution in [3.63, 3.8) is 0 Å². The largest absolute Gasteiger partial charge is 0.377 e. The van der Waals surface area contributed by atoms with Crippen molar-refractivity contribution in [3.8, 4) is 0 Å². The number of morpholine rings is 1. The van der Waals surface area contributed by atoms with E-state index in [1.807, 2.05) is 0 Å². The molecule has 2 rings (SSSR count). The second-order valence-electron chi connectivity index (χ2n) is 3.63. The molecule has 2 N–H and O–H groups in total. The summed E-state index contributed by atoms with van der Waals surface area (Å²) in [5, 5.41) is 0. The maximum atomic E-state index is 5.73. The van der Waals surface area contributed by atoms with Crippen molar-refractivity contribution in [2.24, 2.45) is 5.73 Å². The molecule has 1 aliphatic heterocycles. The van der Waals surface area contributed by atoms with E-state index in [0.29, 0.717) is 12.6 Å². The van der Waals surface area contributed by atoms with Gasteiger partial charge in [-0.25, -0.2) is 0 Å². The Labute approximate surface area is 98.3 Å². The van der Waals surface area contributed by atoms with Crippen LogP contribution in [-0.4, -0.2) is 32.3 Å². The molecular formula is C11H15BrN2O. The number of halogens is 1. The Morgan fingerprint density at radius 1 is 1.40 bits per heavy atom. The van der Waals surface area contributed by atoms with Crippen LogP contribution in [0.3, 0.4) is 0 Å². The zero-order chi connectivity index (χ0) is 10.7. The van der Waals surface area contributed by atoms with Crippen LogP contribution < -0.4 is 10.6 Å². The van der Waals surface area contributed by atoms with E-state index in [1.54, 1.807) is 0 Å². The summed E-state index contributed by atoms with van der Waals surface area (Å²) in [4.78, 5) is 2.32. The number of rotatable bonds is 2. The van der Waals surface area contributed by atoms with Crippen LogP contribution in [0.1, 0.15) is 0 Å². The topological polar surface area (TPSA) is 38.5 Å². The minimum Gasteiger partial charge on any atom is -0.377 e. The zero-order valence-electron chi connectivity index (χ0n) is 8.53. The highest BCUT2D eigenvalue weighted by Gasteiger charge is 2.21. The summed E-state index contributed by atoms with van der Waals surface area (Å²) in [5.41, 5.74) is 6.95. The quantitative estimate of drug-likeness (QED) is 0.888. The van der Waals surface area contributed by atoms with Gasteiger partial charge in [0, 0.05) is 23.2 Å². The maximum absolute atomic E-state index is 5.73. The SMILES string of the molecule is NCC1COCCN1c1ccc(Br)cc1. The van der Waals surface area contributed by atoms with Crippen molar-refractivity contribution in [1.29, 1.82) is 0 Å². The Hall–Kier alpha value is -0.580. The summed E-state index contributed by atoms with van der Waals surface area (Å²) in [6.45, 7) is 3.07. The highest BCUT2D eigenvalue weighted by atomic mass is 79.9. The van der Waals surface area contributed by atoms with Crippen LogP contribution >= 0.6 is 15.9 Å². The van der Waals surface area contributed by atoms with Crippen molar-refractivity contribution in [2.45, 2.75) is 6.04 Å². The summed E-state index contributed by atoms with van der Waals surface area (Å²) < 4.78 is 6.52. The average molecular weight is 271 g/mol. The summed E-state index contributed by atoms with van der Waals surface area (Å²) in [6, 6.07) is 8.63. The van der Waals surface area contributed by atoms with Gasteiger partial charge >= 0.3 is 0 Å². The van der Waals surface area contributed by atoms with Crippen molar-refractivity contribution in [1.82, 2.24) is 0 Å². The lowest BCUT2D eigenvalue weighted by Gasteiger charge is -2.36. The van der Waals surface area contributed by atoms with Gasteiger partial charge in [-0.15, -0.1) is 0 Å². The number of ether oxygens (including phenoxy) is 1. The number of anilines is 1. The molecule has 1 aromatic carbocycles. The van der Waals surface area contributed by atoms with Gasteiger partial charge in [-0.3, -0.25) is 0 Å². The van der Waals surface area contributed by atoms with Crippen LogP contribution in [0.5, 0.6) is 0 Å². The number of benzene rings is 1. The predicted octanol–water partition coefficient (Wildman–Crippen LogP) is 1.61. The molecule has 1 saturated heterocycles. The van der Waals surface area contributed by atoms with E-state index in [2.05, 4.69) is 45.1 Å². The molecule has 0 spiro atoms. The second kappa shape index (κ2) is 4.96. The first kappa shape index (κ1) is 10.9. The van der Waals surface area contributed by atoms with Crippen molar-refractivity contribution in [2.75, 3.05) is 31.2 Å². The van der Waals surface area contributed by atoms with Crippen LogP contribution in [0, 0.1) is 0 Å². The first-order valence-electron chi connectivity index (χ1n) is 5.11. The first-order chi connectivity index (χ1) is 7.31. The summed E-state index contributed by atoms with van der Waals surface area (Å²) >= 11 is 3.43. The molecule has 0 radical (unpaired) electrons. The van der Waals surface area contributed by atoms with E-state index in [4.69, 9.17) is 10.5 Å². The maximum Gasteiger partial charge on any atom is 0.0683 e.